The molecule has 3 rings (SSSR count). The molecule has 0 bridgehead atoms. The molecule has 3 aromatic rings. The number of carbonyl (C=O) groups is 2. The summed E-state index contributed by atoms with van der Waals surface area (Å²) in [5.74, 6) is -0.306. The Hall–Kier alpha value is -2.70. The van der Waals surface area contributed by atoms with Crippen molar-refractivity contribution in [2.24, 2.45) is 0 Å². The second-order valence-corrected chi connectivity index (χ2v) is 6.51. The molecule has 0 aliphatic rings. The third kappa shape index (κ3) is 4.72. The number of amides is 1. The fraction of sp³-hybridized carbons (Fsp3) is 0.158. The van der Waals surface area contributed by atoms with Crippen LogP contribution in [0, 0.1) is 0 Å². The quantitative estimate of drug-likeness (QED) is 0.588. The van der Waals surface area contributed by atoms with E-state index in [-0.39, 0.29) is 11.8 Å². The van der Waals surface area contributed by atoms with Gasteiger partial charge < -0.3 is 18.9 Å². The lowest BCUT2D eigenvalue weighted by atomic mass is 10.2. The van der Waals surface area contributed by atoms with E-state index in [2.05, 4.69) is 5.32 Å². The van der Waals surface area contributed by atoms with Crippen molar-refractivity contribution in [1.82, 2.24) is 5.32 Å². The summed E-state index contributed by atoms with van der Waals surface area (Å²) >= 11 is 12.1. The molecular weight excluding hydrogens is 393 g/mol. The van der Waals surface area contributed by atoms with Gasteiger partial charge in [0.15, 0.2) is 6.61 Å². The highest BCUT2D eigenvalue weighted by Crippen LogP contribution is 2.31. The standard InChI is InChI=1S/C19H15Cl2NO5/c1-11(15-3-2-8-25-15)22-18(23)10-26-19(24)17-7-6-16(27-17)13-9-12(20)4-5-14(13)21/h2-9,11H,10H2,1H3,(H,22,23)/t11-/m1/s1. The van der Waals surface area contributed by atoms with Crippen molar-refractivity contribution in [3.05, 3.63) is 70.3 Å². The van der Waals surface area contributed by atoms with E-state index >= 15 is 0 Å². The van der Waals surface area contributed by atoms with Crippen LogP contribution >= 0.6 is 23.2 Å². The van der Waals surface area contributed by atoms with E-state index in [1.807, 2.05) is 0 Å². The topological polar surface area (TPSA) is 81.7 Å². The molecule has 2 heterocycles. The second kappa shape index (κ2) is 8.33. The van der Waals surface area contributed by atoms with Gasteiger partial charge in [-0.1, -0.05) is 23.2 Å². The van der Waals surface area contributed by atoms with E-state index in [0.717, 1.165) is 0 Å². The van der Waals surface area contributed by atoms with Gasteiger partial charge in [-0.15, -0.1) is 0 Å². The summed E-state index contributed by atoms with van der Waals surface area (Å²) in [6.45, 7) is 1.31. The van der Waals surface area contributed by atoms with Crippen molar-refractivity contribution >= 4 is 35.1 Å². The van der Waals surface area contributed by atoms with Crippen molar-refractivity contribution in [3.8, 4) is 11.3 Å². The second-order valence-electron chi connectivity index (χ2n) is 5.67. The van der Waals surface area contributed by atoms with Gasteiger partial charge in [0.2, 0.25) is 5.76 Å². The number of hydrogen-bond donors (Lipinski definition) is 1. The Balaban J connectivity index is 1.58. The Morgan fingerprint density at radius 3 is 2.74 bits per heavy atom. The largest absolute Gasteiger partial charge is 0.467 e. The average Bonchev–Trinajstić information content (AvgIpc) is 3.33. The van der Waals surface area contributed by atoms with Gasteiger partial charge in [-0.3, -0.25) is 4.79 Å². The van der Waals surface area contributed by atoms with Gasteiger partial charge in [0.05, 0.1) is 17.3 Å². The van der Waals surface area contributed by atoms with Crippen LogP contribution in [-0.4, -0.2) is 18.5 Å². The summed E-state index contributed by atoms with van der Waals surface area (Å²) in [5, 5.41) is 3.58. The molecule has 1 aromatic carbocycles. The maximum Gasteiger partial charge on any atom is 0.374 e. The fourth-order valence-electron chi connectivity index (χ4n) is 2.37. The lowest BCUT2D eigenvalue weighted by molar-refractivity contribution is -0.125. The number of rotatable bonds is 6. The van der Waals surface area contributed by atoms with Crippen LogP contribution in [0.15, 0.2) is 57.6 Å². The molecule has 0 radical (unpaired) electrons. The number of esters is 1. The number of furan rings is 2. The summed E-state index contributed by atoms with van der Waals surface area (Å²) in [6, 6.07) is 11.0. The number of benzene rings is 1. The Bertz CT molecular complexity index is 949. The third-order valence-corrected chi connectivity index (χ3v) is 4.25. The maximum absolute atomic E-state index is 12.1. The third-order valence-electron chi connectivity index (χ3n) is 3.68. The van der Waals surface area contributed by atoms with E-state index in [4.69, 9.17) is 36.8 Å². The van der Waals surface area contributed by atoms with Crippen LogP contribution in [0.2, 0.25) is 10.0 Å². The number of nitrogens with one attached hydrogen (secondary N) is 1. The number of ether oxygens (including phenoxy) is 1. The molecule has 1 amide bonds. The molecule has 0 spiro atoms. The Labute approximate surface area is 165 Å². The molecule has 0 fully saturated rings. The first-order valence-corrected chi connectivity index (χ1v) is 8.75. The highest BCUT2D eigenvalue weighted by Gasteiger charge is 2.18. The van der Waals surface area contributed by atoms with Crippen LogP contribution in [0.4, 0.5) is 0 Å². The fourth-order valence-corrected chi connectivity index (χ4v) is 2.76. The molecule has 140 valence electrons. The van der Waals surface area contributed by atoms with Gasteiger partial charge in [0.1, 0.15) is 11.5 Å². The van der Waals surface area contributed by atoms with Gasteiger partial charge in [-0.25, -0.2) is 4.79 Å². The van der Waals surface area contributed by atoms with Crippen LogP contribution in [0.3, 0.4) is 0 Å². The summed E-state index contributed by atoms with van der Waals surface area (Å²) in [5.41, 5.74) is 0.549. The van der Waals surface area contributed by atoms with Crippen LogP contribution in [0.5, 0.6) is 0 Å². The molecule has 0 saturated carbocycles. The molecule has 1 atom stereocenters. The molecule has 0 aliphatic heterocycles. The van der Waals surface area contributed by atoms with Gasteiger partial charge >= 0.3 is 5.97 Å². The summed E-state index contributed by atoms with van der Waals surface area (Å²) in [7, 11) is 0. The number of hydrogen-bond acceptors (Lipinski definition) is 5. The summed E-state index contributed by atoms with van der Waals surface area (Å²) < 4.78 is 15.6. The van der Waals surface area contributed by atoms with Crippen molar-refractivity contribution in [2.75, 3.05) is 6.61 Å². The van der Waals surface area contributed by atoms with Gasteiger partial charge in [-0.05, 0) is 49.4 Å². The lowest BCUT2D eigenvalue weighted by Gasteiger charge is -2.11. The summed E-state index contributed by atoms with van der Waals surface area (Å²) in [6.07, 6.45) is 1.51. The van der Waals surface area contributed by atoms with E-state index in [9.17, 15) is 9.59 Å². The van der Waals surface area contributed by atoms with E-state index in [0.29, 0.717) is 27.1 Å². The minimum absolute atomic E-state index is 0.0482. The predicted octanol–water partition coefficient (Wildman–Crippen LogP) is 4.88. The minimum atomic E-state index is -0.764. The monoisotopic (exact) mass is 407 g/mol. The normalized spacial score (nSPS) is 11.8. The van der Waals surface area contributed by atoms with E-state index in [1.54, 1.807) is 43.3 Å². The number of halogens is 2. The van der Waals surface area contributed by atoms with Gasteiger partial charge in [-0.2, -0.15) is 0 Å². The Kier molecular flexibility index (Phi) is 5.88. The Morgan fingerprint density at radius 2 is 2.00 bits per heavy atom. The van der Waals surface area contributed by atoms with Crippen LogP contribution in [0.25, 0.3) is 11.3 Å². The van der Waals surface area contributed by atoms with E-state index in [1.165, 1.54) is 12.3 Å². The predicted molar refractivity (Wildman–Crippen MR) is 99.7 cm³/mol. The molecule has 27 heavy (non-hydrogen) atoms. The SMILES string of the molecule is C[C@@H](NC(=O)COC(=O)c1ccc(-c2cc(Cl)ccc2Cl)o1)c1ccco1. The molecule has 0 unspecified atom stereocenters. The average molecular weight is 408 g/mol. The van der Waals surface area contributed by atoms with Crippen LogP contribution < -0.4 is 5.32 Å². The van der Waals surface area contributed by atoms with Crippen LogP contribution in [-0.2, 0) is 9.53 Å². The molecule has 1 N–H and O–H groups in total. The first kappa shape index (κ1) is 19.1. The zero-order valence-corrected chi connectivity index (χ0v) is 15.7. The molecule has 0 aliphatic carbocycles. The van der Waals surface area contributed by atoms with Crippen molar-refractivity contribution in [2.45, 2.75) is 13.0 Å². The van der Waals surface area contributed by atoms with Crippen molar-refractivity contribution in [1.29, 1.82) is 0 Å². The zero-order chi connectivity index (χ0) is 19.4. The zero-order valence-electron chi connectivity index (χ0n) is 14.2. The maximum atomic E-state index is 12.1. The smallest absolute Gasteiger partial charge is 0.374 e. The highest BCUT2D eigenvalue weighted by atomic mass is 35.5. The van der Waals surface area contributed by atoms with Crippen LogP contribution in [0.1, 0.15) is 29.3 Å². The molecule has 8 heteroatoms. The minimum Gasteiger partial charge on any atom is -0.467 e. The molecular formula is C19H15Cl2NO5. The molecule has 2 aromatic heterocycles. The first-order valence-electron chi connectivity index (χ1n) is 7.99. The van der Waals surface area contributed by atoms with Crippen molar-refractivity contribution in [3.63, 3.8) is 0 Å². The van der Waals surface area contributed by atoms with E-state index < -0.39 is 18.5 Å². The van der Waals surface area contributed by atoms with Crippen molar-refractivity contribution < 1.29 is 23.2 Å². The first-order chi connectivity index (χ1) is 12.9. The number of carbonyl (C=O) groups excluding carboxylic acids is 2. The van der Waals surface area contributed by atoms with Gasteiger partial charge in [0, 0.05) is 10.6 Å². The lowest BCUT2D eigenvalue weighted by Crippen LogP contribution is -2.30. The molecule has 0 saturated heterocycles. The highest BCUT2D eigenvalue weighted by molar-refractivity contribution is 6.35. The molecule has 6 nitrogen and oxygen atoms in total. The summed E-state index contributed by atoms with van der Waals surface area (Å²) in [4.78, 5) is 24.0. The Morgan fingerprint density at radius 1 is 1.19 bits per heavy atom. The van der Waals surface area contributed by atoms with Gasteiger partial charge in [0.25, 0.3) is 5.91 Å².